The van der Waals surface area contributed by atoms with Crippen LogP contribution in [0.4, 0.5) is 0 Å². The molecule has 1 aliphatic rings. The van der Waals surface area contributed by atoms with Crippen LogP contribution in [0, 0.1) is 12.8 Å². The number of likely N-dealkylation sites (tertiary alicyclic amines) is 1. The standard InChI is InChI=1S/C23H29ClN2O/c1-18-7-2-3-9-21(18)17-26-15-12-20(13-16-26)23(27)25-14-6-10-19-8-4-5-11-22(19)24/h2-5,7-9,11,20H,6,10,12-17H2,1H3,(H,25,27). The van der Waals surface area contributed by atoms with Gasteiger partial charge in [0.2, 0.25) is 5.91 Å². The normalized spacial score (nSPS) is 15.6. The summed E-state index contributed by atoms with van der Waals surface area (Å²) in [7, 11) is 0. The Bertz CT molecular complexity index is 754. The zero-order chi connectivity index (χ0) is 19.1. The van der Waals surface area contributed by atoms with Crippen LogP contribution in [0.25, 0.3) is 0 Å². The highest BCUT2D eigenvalue weighted by Crippen LogP contribution is 2.20. The van der Waals surface area contributed by atoms with E-state index in [-0.39, 0.29) is 11.8 Å². The fourth-order valence-electron chi connectivity index (χ4n) is 3.72. The maximum absolute atomic E-state index is 12.4. The van der Waals surface area contributed by atoms with Crippen LogP contribution in [0.15, 0.2) is 48.5 Å². The number of hydrogen-bond donors (Lipinski definition) is 1. The predicted octanol–water partition coefficient (Wildman–Crippen LogP) is 4.61. The third-order valence-electron chi connectivity index (χ3n) is 5.49. The molecule has 0 aliphatic carbocycles. The van der Waals surface area contributed by atoms with Crippen LogP contribution in [-0.2, 0) is 17.8 Å². The Labute approximate surface area is 167 Å². The van der Waals surface area contributed by atoms with Crippen molar-refractivity contribution >= 4 is 17.5 Å². The highest BCUT2D eigenvalue weighted by molar-refractivity contribution is 6.31. The monoisotopic (exact) mass is 384 g/mol. The fraction of sp³-hybridized carbons (Fsp3) is 0.435. The van der Waals surface area contributed by atoms with E-state index < -0.39 is 0 Å². The first kappa shape index (κ1) is 19.9. The van der Waals surface area contributed by atoms with Gasteiger partial charge in [0, 0.05) is 24.0 Å². The molecule has 1 amide bonds. The van der Waals surface area contributed by atoms with Crippen molar-refractivity contribution in [1.82, 2.24) is 10.2 Å². The third kappa shape index (κ3) is 5.82. The van der Waals surface area contributed by atoms with Crippen LogP contribution in [0.2, 0.25) is 5.02 Å². The van der Waals surface area contributed by atoms with E-state index in [9.17, 15) is 4.79 Å². The molecule has 1 fully saturated rings. The van der Waals surface area contributed by atoms with Gasteiger partial charge in [0.15, 0.2) is 0 Å². The van der Waals surface area contributed by atoms with E-state index in [0.717, 1.165) is 55.9 Å². The Balaban J connectivity index is 1.36. The summed E-state index contributed by atoms with van der Waals surface area (Å²) in [5.74, 6) is 0.364. The van der Waals surface area contributed by atoms with Gasteiger partial charge in [0.25, 0.3) is 0 Å². The van der Waals surface area contributed by atoms with Crippen molar-refractivity contribution in [3.8, 4) is 0 Å². The molecule has 3 nitrogen and oxygen atoms in total. The molecule has 0 aromatic heterocycles. The minimum atomic E-state index is 0.151. The van der Waals surface area contributed by atoms with E-state index in [1.807, 2.05) is 24.3 Å². The van der Waals surface area contributed by atoms with Gasteiger partial charge in [-0.05, 0) is 68.5 Å². The maximum Gasteiger partial charge on any atom is 0.223 e. The zero-order valence-corrected chi connectivity index (χ0v) is 16.8. The molecule has 0 radical (unpaired) electrons. The average Bonchev–Trinajstić information content (AvgIpc) is 2.69. The Kier molecular flexibility index (Phi) is 7.31. The van der Waals surface area contributed by atoms with Gasteiger partial charge in [-0.25, -0.2) is 0 Å². The number of amides is 1. The summed E-state index contributed by atoms with van der Waals surface area (Å²) in [4.78, 5) is 14.9. The quantitative estimate of drug-likeness (QED) is 0.707. The summed E-state index contributed by atoms with van der Waals surface area (Å²) >= 11 is 6.18. The molecule has 144 valence electrons. The number of nitrogens with zero attached hydrogens (tertiary/aromatic N) is 1. The van der Waals surface area contributed by atoms with Crippen molar-refractivity contribution in [3.05, 3.63) is 70.2 Å². The second-order valence-electron chi connectivity index (χ2n) is 7.46. The Hall–Kier alpha value is -1.84. The molecule has 2 aromatic rings. The molecule has 1 aliphatic heterocycles. The molecular weight excluding hydrogens is 356 g/mol. The number of carbonyl (C=O) groups excluding carboxylic acids is 1. The molecule has 1 saturated heterocycles. The van der Waals surface area contributed by atoms with Gasteiger partial charge >= 0.3 is 0 Å². The Morgan fingerprint density at radius 3 is 2.44 bits per heavy atom. The topological polar surface area (TPSA) is 32.3 Å². The predicted molar refractivity (Wildman–Crippen MR) is 112 cm³/mol. The van der Waals surface area contributed by atoms with Gasteiger partial charge in [0.1, 0.15) is 0 Å². The van der Waals surface area contributed by atoms with E-state index in [2.05, 4.69) is 41.4 Å². The van der Waals surface area contributed by atoms with E-state index >= 15 is 0 Å². The summed E-state index contributed by atoms with van der Waals surface area (Å²) in [6.45, 7) is 5.85. The SMILES string of the molecule is Cc1ccccc1CN1CCC(C(=O)NCCCc2ccccc2Cl)CC1. The van der Waals surface area contributed by atoms with E-state index in [1.54, 1.807) is 0 Å². The first-order valence-corrected chi connectivity index (χ1v) is 10.3. The van der Waals surface area contributed by atoms with Crippen LogP contribution in [0.1, 0.15) is 36.0 Å². The lowest BCUT2D eigenvalue weighted by atomic mass is 9.95. The lowest BCUT2D eigenvalue weighted by Crippen LogP contribution is -2.40. The second kappa shape index (κ2) is 9.91. The Morgan fingerprint density at radius 1 is 1.07 bits per heavy atom. The average molecular weight is 385 g/mol. The summed E-state index contributed by atoms with van der Waals surface area (Å²) in [6, 6.07) is 16.5. The zero-order valence-electron chi connectivity index (χ0n) is 16.1. The number of halogens is 1. The molecule has 0 bridgehead atoms. The lowest BCUT2D eigenvalue weighted by Gasteiger charge is -2.31. The van der Waals surface area contributed by atoms with Crippen LogP contribution in [0.5, 0.6) is 0 Å². The van der Waals surface area contributed by atoms with Gasteiger partial charge in [0.05, 0.1) is 0 Å². The van der Waals surface area contributed by atoms with Crippen LogP contribution < -0.4 is 5.32 Å². The van der Waals surface area contributed by atoms with Crippen molar-refractivity contribution in [2.45, 2.75) is 39.2 Å². The number of piperidine rings is 1. The minimum Gasteiger partial charge on any atom is -0.356 e. The van der Waals surface area contributed by atoms with Crippen LogP contribution >= 0.6 is 11.6 Å². The van der Waals surface area contributed by atoms with Crippen LogP contribution in [-0.4, -0.2) is 30.4 Å². The molecule has 0 saturated carbocycles. The minimum absolute atomic E-state index is 0.151. The largest absolute Gasteiger partial charge is 0.356 e. The molecule has 0 atom stereocenters. The Morgan fingerprint density at radius 2 is 1.74 bits per heavy atom. The lowest BCUT2D eigenvalue weighted by molar-refractivity contribution is -0.126. The highest BCUT2D eigenvalue weighted by Gasteiger charge is 2.24. The summed E-state index contributed by atoms with van der Waals surface area (Å²) in [5.41, 5.74) is 3.88. The van der Waals surface area contributed by atoms with E-state index in [4.69, 9.17) is 11.6 Å². The number of nitrogens with one attached hydrogen (secondary N) is 1. The molecule has 2 aromatic carbocycles. The number of hydrogen-bond acceptors (Lipinski definition) is 2. The molecule has 1 N–H and O–H groups in total. The number of benzene rings is 2. The first-order chi connectivity index (χ1) is 13.1. The maximum atomic E-state index is 12.4. The summed E-state index contributed by atoms with van der Waals surface area (Å²) < 4.78 is 0. The first-order valence-electron chi connectivity index (χ1n) is 9.91. The smallest absolute Gasteiger partial charge is 0.223 e. The van der Waals surface area contributed by atoms with Crippen molar-refractivity contribution in [2.75, 3.05) is 19.6 Å². The van der Waals surface area contributed by atoms with Crippen molar-refractivity contribution in [1.29, 1.82) is 0 Å². The van der Waals surface area contributed by atoms with E-state index in [0.29, 0.717) is 6.54 Å². The highest BCUT2D eigenvalue weighted by atomic mass is 35.5. The van der Waals surface area contributed by atoms with Gasteiger partial charge in [-0.3, -0.25) is 9.69 Å². The van der Waals surface area contributed by atoms with Crippen molar-refractivity contribution in [3.63, 3.8) is 0 Å². The van der Waals surface area contributed by atoms with Gasteiger partial charge in [-0.15, -0.1) is 0 Å². The third-order valence-corrected chi connectivity index (χ3v) is 5.86. The molecule has 27 heavy (non-hydrogen) atoms. The fourth-order valence-corrected chi connectivity index (χ4v) is 3.95. The molecule has 1 heterocycles. The van der Waals surface area contributed by atoms with E-state index in [1.165, 1.54) is 11.1 Å². The molecule has 3 rings (SSSR count). The second-order valence-corrected chi connectivity index (χ2v) is 7.87. The molecular formula is C23H29ClN2O. The summed E-state index contributed by atoms with van der Waals surface area (Å²) in [6.07, 6.45) is 3.71. The molecule has 4 heteroatoms. The molecule has 0 unspecified atom stereocenters. The number of carbonyl (C=O) groups is 1. The molecule has 0 spiro atoms. The van der Waals surface area contributed by atoms with Gasteiger partial charge < -0.3 is 5.32 Å². The number of aryl methyl sites for hydroxylation is 2. The van der Waals surface area contributed by atoms with Crippen LogP contribution in [0.3, 0.4) is 0 Å². The van der Waals surface area contributed by atoms with Crippen molar-refractivity contribution < 1.29 is 4.79 Å². The summed E-state index contributed by atoms with van der Waals surface area (Å²) in [5, 5.41) is 3.93. The van der Waals surface area contributed by atoms with Gasteiger partial charge in [-0.1, -0.05) is 54.1 Å². The number of rotatable bonds is 7. The van der Waals surface area contributed by atoms with Crippen molar-refractivity contribution in [2.24, 2.45) is 5.92 Å². The van der Waals surface area contributed by atoms with Gasteiger partial charge in [-0.2, -0.15) is 0 Å².